The number of imide groups is 1. The van der Waals surface area contributed by atoms with Crippen molar-refractivity contribution in [2.75, 3.05) is 0 Å². The van der Waals surface area contributed by atoms with Crippen LogP contribution in [0.1, 0.15) is 44.1 Å². The Bertz CT molecular complexity index is 609. The zero-order valence-corrected chi connectivity index (χ0v) is 13.0. The van der Waals surface area contributed by atoms with E-state index in [4.69, 9.17) is 0 Å². The number of hydrazine groups is 1. The lowest BCUT2D eigenvalue weighted by atomic mass is 9.82. The van der Waals surface area contributed by atoms with Crippen molar-refractivity contribution < 1.29 is 14.4 Å². The Morgan fingerprint density at radius 3 is 2.52 bits per heavy atom. The van der Waals surface area contributed by atoms with E-state index >= 15 is 0 Å². The fourth-order valence-corrected chi connectivity index (χ4v) is 3.30. The van der Waals surface area contributed by atoms with Crippen molar-refractivity contribution in [3.8, 4) is 0 Å². The smallest absolute Gasteiger partial charge is 0.322 e. The van der Waals surface area contributed by atoms with Crippen LogP contribution >= 0.6 is 0 Å². The van der Waals surface area contributed by atoms with Crippen LogP contribution in [0, 0.1) is 0 Å². The van der Waals surface area contributed by atoms with Crippen LogP contribution in [0.15, 0.2) is 30.3 Å². The second kappa shape index (κ2) is 6.40. The summed E-state index contributed by atoms with van der Waals surface area (Å²) in [6, 6.07) is 9.11. The zero-order valence-electron chi connectivity index (χ0n) is 13.0. The standard InChI is InChI=1S/C17H21N3O3/c21-14(10-9-13-7-3-1-4-8-13)19-20-15(22)17(18-16(20)23)11-5-2-6-12-17/h1,3-4,7-8H,2,5-6,9-12H2,(H,18,23)(H,19,21). The van der Waals surface area contributed by atoms with E-state index in [9.17, 15) is 14.4 Å². The maximum absolute atomic E-state index is 12.5. The van der Waals surface area contributed by atoms with Gasteiger partial charge in [0, 0.05) is 6.42 Å². The summed E-state index contributed by atoms with van der Waals surface area (Å²) in [6.45, 7) is 0. The van der Waals surface area contributed by atoms with Gasteiger partial charge in [-0.3, -0.25) is 15.0 Å². The van der Waals surface area contributed by atoms with Gasteiger partial charge < -0.3 is 5.32 Å². The number of urea groups is 1. The lowest BCUT2D eigenvalue weighted by Gasteiger charge is -2.30. The first-order valence-electron chi connectivity index (χ1n) is 8.11. The van der Waals surface area contributed by atoms with Gasteiger partial charge in [-0.2, -0.15) is 5.01 Å². The first kappa shape index (κ1) is 15.5. The number of aryl methyl sites for hydroxylation is 1. The van der Waals surface area contributed by atoms with E-state index in [1.54, 1.807) is 0 Å². The third-order valence-electron chi connectivity index (χ3n) is 4.59. The largest absolute Gasteiger partial charge is 0.344 e. The van der Waals surface area contributed by atoms with Gasteiger partial charge in [-0.05, 0) is 24.8 Å². The van der Waals surface area contributed by atoms with Crippen molar-refractivity contribution >= 4 is 17.8 Å². The third kappa shape index (κ3) is 3.21. The van der Waals surface area contributed by atoms with Crippen LogP contribution in [0.4, 0.5) is 4.79 Å². The highest BCUT2D eigenvalue weighted by Crippen LogP contribution is 2.32. The number of carbonyl (C=O) groups is 3. The summed E-state index contributed by atoms with van der Waals surface area (Å²) in [4.78, 5) is 36.6. The minimum Gasteiger partial charge on any atom is -0.322 e. The Morgan fingerprint density at radius 2 is 1.83 bits per heavy atom. The second-order valence-electron chi connectivity index (χ2n) is 6.23. The molecule has 23 heavy (non-hydrogen) atoms. The lowest BCUT2D eigenvalue weighted by molar-refractivity contribution is -0.139. The van der Waals surface area contributed by atoms with E-state index in [0.29, 0.717) is 19.3 Å². The number of amides is 4. The van der Waals surface area contributed by atoms with Crippen molar-refractivity contribution in [1.29, 1.82) is 0 Å². The van der Waals surface area contributed by atoms with E-state index < -0.39 is 11.6 Å². The molecule has 2 aliphatic rings. The summed E-state index contributed by atoms with van der Waals surface area (Å²) in [5, 5.41) is 3.63. The number of hydrogen-bond donors (Lipinski definition) is 2. The lowest BCUT2D eigenvalue weighted by Crippen LogP contribution is -2.51. The Labute approximate surface area is 135 Å². The van der Waals surface area contributed by atoms with Crippen LogP contribution in [0.3, 0.4) is 0 Å². The SMILES string of the molecule is O=C(CCc1ccccc1)NN1C(=O)NC2(CCCCC2)C1=O. The molecule has 1 heterocycles. The summed E-state index contributed by atoms with van der Waals surface area (Å²) in [6.07, 6.45) is 5.01. The molecule has 1 aliphatic carbocycles. The van der Waals surface area contributed by atoms with Gasteiger partial charge >= 0.3 is 6.03 Å². The van der Waals surface area contributed by atoms with Crippen LogP contribution < -0.4 is 10.7 Å². The fourth-order valence-electron chi connectivity index (χ4n) is 3.30. The van der Waals surface area contributed by atoms with E-state index in [-0.39, 0.29) is 18.2 Å². The summed E-state index contributed by atoms with van der Waals surface area (Å²) in [7, 11) is 0. The van der Waals surface area contributed by atoms with E-state index in [1.165, 1.54) is 0 Å². The van der Waals surface area contributed by atoms with Crippen molar-refractivity contribution in [2.45, 2.75) is 50.5 Å². The molecule has 1 spiro atoms. The number of nitrogens with one attached hydrogen (secondary N) is 2. The molecule has 2 N–H and O–H groups in total. The predicted octanol–water partition coefficient (Wildman–Crippen LogP) is 1.91. The van der Waals surface area contributed by atoms with Gasteiger partial charge in [0.15, 0.2) is 0 Å². The van der Waals surface area contributed by atoms with Crippen LogP contribution in [0.2, 0.25) is 0 Å². The quantitative estimate of drug-likeness (QED) is 0.833. The van der Waals surface area contributed by atoms with E-state index in [0.717, 1.165) is 29.8 Å². The second-order valence-corrected chi connectivity index (χ2v) is 6.23. The molecule has 122 valence electrons. The molecule has 1 aromatic rings. The highest BCUT2D eigenvalue weighted by Gasteiger charge is 2.52. The number of hydrogen-bond acceptors (Lipinski definition) is 3. The maximum atomic E-state index is 12.5. The predicted molar refractivity (Wildman–Crippen MR) is 84.1 cm³/mol. The zero-order chi connectivity index (χ0) is 16.3. The molecule has 0 aromatic heterocycles. The van der Waals surface area contributed by atoms with E-state index in [2.05, 4.69) is 10.7 Å². The minimum absolute atomic E-state index is 0.230. The molecule has 0 radical (unpaired) electrons. The van der Waals surface area contributed by atoms with Crippen molar-refractivity contribution in [1.82, 2.24) is 15.8 Å². The number of benzene rings is 1. The third-order valence-corrected chi connectivity index (χ3v) is 4.59. The monoisotopic (exact) mass is 315 g/mol. The molecule has 4 amide bonds. The highest BCUT2D eigenvalue weighted by atomic mass is 16.2. The number of rotatable bonds is 4. The summed E-state index contributed by atoms with van der Waals surface area (Å²) >= 11 is 0. The summed E-state index contributed by atoms with van der Waals surface area (Å²) in [5.74, 6) is -0.652. The van der Waals surface area contributed by atoms with Gasteiger partial charge in [-0.1, -0.05) is 49.6 Å². The maximum Gasteiger partial charge on any atom is 0.344 e. The van der Waals surface area contributed by atoms with Gasteiger partial charge in [-0.25, -0.2) is 4.79 Å². The molecule has 0 bridgehead atoms. The summed E-state index contributed by atoms with van der Waals surface area (Å²) < 4.78 is 0. The Kier molecular flexibility index (Phi) is 4.32. The van der Waals surface area contributed by atoms with Crippen molar-refractivity contribution in [3.63, 3.8) is 0 Å². The minimum atomic E-state index is -0.804. The molecule has 6 nitrogen and oxygen atoms in total. The molecule has 1 aliphatic heterocycles. The Morgan fingerprint density at radius 1 is 1.13 bits per heavy atom. The fraction of sp³-hybridized carbons (Fsp3) is 0.471. The average Bonchev–Trinajstić information content (AvgIpc) is 2.79. The van der Waals surface area contributed by atoms with Crippen molar-refractivity contribution in [3.05, 3.63) is 35.9 Å². The molecule has 2 fully saturated rings. The Balaban J connectivity index is 1.58. The molecule has 0 unspecified atom stereocenters. The first-order valence-corrected chi connectivity index (χ1v) is 8.11. The van der Waals surface area contributed by atoms with Gasteiger partial charge in [0.1, 0.15) is 5.54 Å². The normalized spacial score (nSPS) is 19.7. The van der Waals surface area contributed by atoms with Crippen LogP contribution in [0.25, 0.3) is 0 Å². The highest BCUT2D eigenvalue weighted by molar-refractivity contribution is 6.08. The van der Waals surface area contributed by atoms with Crippen molar-refractivity contribution in [2.24, 2.45) is 0 Å². The van der Waals surface area contributed by atoms with Gasteiger partial charge in [0.2, 0.25) is 5.91 Å². The van der Waals surface area contributed by atoms with E-state index in [1.807, 2.05) is 30.3 Å². The topological polar surface area (TPSA) is 78.5 Å². The molecule has 1 saturated carbocycles. The summed E-state index contributed by atoms with van der Waals surface area (Å²) in [5.41, 5.74) is 2.69. The Hall–Kier alpha value is -2.37. The van der Waals surface area contributed by atoms with Crippen LogP contribution in [0.5, 0.6) is 0 Å². The van der Waals surface area contributed by atoms with Gasteiger partial charge in [0.05, 0.1) is 0 Å². The van der Waals surface area contributed by atoms with Crippen LogP contribution in [-0.4, -0.2) is 28.4 Å². The molecular weight excluding hydrogens is 294 g/mol. The molecule has 6 heteroatoms. The van der Waals surface area contributed by atoms with Crippen LogP contribution in [-0.2, 0) is 16.0 Å². The van der Waals surface area contributed by atoms with Gasteiger partial charge in [0.25, 0.3) is 5.91 Å². The van der Waals surface area contributed by atoms with Gasteiger partial charge in [-0.15, -0.1) is 0 Å². The average molecular weight is 315 g/mol. The number of carbonyl (C=O) groups excluding carboxylic acids is 3. The number of nitrogens with zero attached hydrogens (tertiary/aromatic N) is 1. The first-order chi connectivity index (χ1) is 11.1. The molecular formula is C17H21N3O3. The molecule has 0 atom stereocenters. The molecule has 3 rings (SSSR count). The molecule has 1 aromatic carbocycles. The molecule has 1 saturated heterocycles.